The van der Waals surface area contributed by atoms with E-state index in [1.54, 1.807) is 31.5 Å². The average Bonchev–Trinajstić information content (AvgIpc) is 2.75. The standard InChI is InChI=1S/C20H17N3O2.C2HF3O2/c1-15(24)7-8-16-5-4-14-22-20(16)25-18-11-9-17(10-12-18)23-19-6-2-3-13-21-19;3-2(4,5)1(6)7/h2-6,9-15,24H,1H3,(H,21,23);(H,6,7)/t15-;/m0./s1. The van der Waals surface area contributed by atoms with Crippen molar-refractivity contribution < 1.29 is 32.9 Å². The van der Waals surface area contributed by atoms with Gasteiger partial charge in [0.15, 0.2) is 0 Å². The number of alkyl halides is 3. The van der Waals surface area contributed by atoms with Crippen LogP contribution in [0.5, 0.6) is 11.6 Å². The number of benzene rings is 1. The van der Waals surface area contributed by atoms with Gasteiger partial charge in [0, 0.05) is 18.1 Å². The van der Waals surface area contributed by atoms with Gasteiger partial charge in [-0.3, -0.25) is 0 Å². The largest absolute Gasteiger partial charge is 0.490 e. The molecular formula is C22H18F3N3O4. The first kappa shape index (κ1) is 24.2. The van der Waals surface area contributed by atoms with Crippen molar-refractivity contribution >= 4 is 17.5 Å². The fourth-order valence-corrected chi connectivity index (χ4v) is 2.05. The Bertz CT molecular complexity index is 1080. The van der Waals surface area contributed by atoms with Crippen molar-refractivity contribution in [3.05, 3.63) is 72.6 Å². The van der Waals surface area contributed by atoms with Crippen LogP contribution in [0.25, 0.3) is 0 Å². The number of ether oxygens (including phenoxy) is 1. The van der Waals surface area contributed by atoms with Crippen LogP contribution < -0.4 is 10.1 Å². The highest BCUT2D eigenvalue weighted by molar-refractivity contribution is 5.73. The maximum atomic E-state index is 10.6. The highest BCUT2D eigenvalue weighted by Crippen LogP contribution is 2.24. The molecule has 0 fully saturated rings. The van der Waals surface area contributed by atoms with Gasteiger partial charge in [-0.2, -0.15) is 13.2 Å². The zero-order valence-electron chi connectivity index (χ0n) is 16.7. The third-order valence-electron chi connectivity index (χ3n) is 3.44. The number of hydrogen-bond acceptors (Lipinski definition) is 6. The molecule has 0 unspecified atom stereocenters. The number of aromatic nitrogens is 2. The van der Waals surface area contributed by atoms with Gasteiger partial charge in [0.1, 0.15) is 17.7 Å². The summed E-state index contributed by atoms with van der Waals surface area (Å²) in [7, 11) is 0. The monoisotopic (exact) mass is 445 g/mol. The number of aliphatic hydroxyl groups is 1. The number of aliphatic carboxylic acids is 1. The van der Waals surface area contributed by atoms with Crippen LogP contribution in [0.2, 0.25) is 0 Å². The number of anilines is 2. The molecule has 2 heterocycles. The summed E-state index contributed by atoms with van der Waals surface area (Å²) in [6, 6.07) is 16.7. The number of pyridine rings is 2. The van der Waals surface area contributed by atoms with Gasteiger partial charge in [0.25, 0.3) is 0 Å². The van der Waals surface area contributed by atoms with Crippen LogP contribution in [0.3, 0.4) is 0 Å². The minimum atomic E-state index is -5.08. The molecule has 32 heavy (non-hydrogen) atoms. The maximum absolute atomic E-state index is 10.6. The van der Waals surface area contributed by atoms with Gasteiger partial charge >= 0.3 is 12.1 Å². The molecule has 7 nitrogen and oxygen atoms in total. The summed E-state index contributed by atoms with van der Waals surface area (Å²) in [5.41, 5.74) is 1.53. The van der Waals surface area contributed by atoms with Gasteiger partial charge in [-0.25, -0.2) is 14.8 Å². The lowest BCUT2D eigenvalue weighted by molar-refractivity contribution is -0.192. The molecular weight excluding hydrogens is 427 g/mol. The number of hydrogen-bond donors (Lipinski definition) is 3. The fraction of sp³-hybridized carbons (Fsp3) is 0.136. The van der Waals surface area contributed by atoms with Gasteiger partial charge < -0.3 is 20.3 Å². The topological polar surface area (TPSA) is 105 Å². The first-order valence-corrected chi connectivity index (χ1v) is 9.06. The second kappa shape index (κ2) is 11.3. The molecule has 0 saturated carbocycles. The number of nitrogens with zero attached hydrogens (tertiary/aromatic N) is 2. The first-order chi connectivity index (χ1) is 15.1. The summed E-state index contributed by atoms with van der Waals surface area (Å²) in [6.45, 7) is 1.61. The summed E-state index contributed by atoms with van der Waals surface area (Å²) in [6.07, 6.45) is -2.42. The summed E-state index contributed by atoms with van der Waals surface area (Å²) in [5.74, 6) is 4.63. The summed E-state index contributed by atoms with van der Waals surface area (Å²) in [4.78, 5) is 17.3. The molecule has 10 heteroatoms. The van der Waals surface area contributed by atoms with Gasteiger partial charge in [-0.05, 0) is 55.5 Å². The Balaban J connectivity index is 0.000000451. The van der Waals surface area contributed by atoms with E-state index < -0.39 is 18.2 Å². The van der Waals surface area contributed by atoms with E-state index in [0.29, 0.717) is 17.2 Å². The molecule has 1 aromatic carbocycles. The Hall–Kier alpha value is -4.10. The fourth-order valence-electron chi connectivity index (χ4n) is 2.05. The third-order valence-corrected chi connectivity index (χ3v) is 3.44. The Morgan fingerprint density at radius 3 is 2.28 bits per heavy atom. The van der Waals surface area contributed by atoms with Crippen molar-refractivity contribution in [1.82, 2.24) is 9.97 Å². The van der Waals surface area contributed by atoms with Gasteiger partial charge in [-0.1, -0.05) is 17.9 Å². The second-order valence-electron chi connectivity index (χ2n) is 6.07. The number of carbonyl (C=O) groups is 1. The number of aliphatic hydroxyl groups excluding tert-OH is 1. The smallest absolute Gasteiger partial charge is 0.475 e. The molecule has 1 atom stereocenters. The summed E-state index contributed by atoms with van der Waals surface area (Å²) >= 11 is 0. The third kappa shape index (κ3) is 8.33. The second-order valence-corrected chi connectivity index (χ2v) is 6.07. The van der Waals surface area contributed by atoms with E-state index in [0.717, 1.165) is 11.5 Å². The molecule has 0 amide bonds. The SMILES string of the molecule is C[C@H](O)C#Cc1cccnc1Oc1ccc(Nc2ccccn2)cc1.O=C(O)C(F)(F)F. The molecule has 3 rings (SSSR count). The van der Waals surface area contributed by atoms with Crippen LogP contribution in [0.4, 0.5) is 24.7 Å². The molecule has 3 aromatic rings. The molecule has 0 saturated heterocycles. The molecule has 0 bridgehead atoms. The van der Waals surface area contributed by atoms with E-state index in [1.807, 2.05) is 42.5 Å². The zero-order chi connectivity index (χ0) is 23.6. The molecule has 0 radical (unpaired) electrons. The summed E-state index contributed by atoms with van der Waals surface area (Å²) in [5, 5.41) is 19.6. The predicted molar refractivity (Wildman–Crippen MR) is 111 cm³/mol. The Kier molecular flexibility index (Phi) is 8.56. The van der Waals surface area contributed by atoms with Gasteiger partial charge in [-0.15, -0.1) is 0 Å². The number of halogens is 3. The zero-order valence-corrected chi connectivity index (χ0v) is 16.7. The number of carboxylic acids is 1. The van der Waals surface area contributed by atoms with Crippen molar-refractivity contribution in [2.75, 3.05) is 5.32 Å². The quantitative estimate of drug-likeness (QED) is 0.512. The van der Waals surface area contributed by atoms with Crippen LogP contribution in [0.1, 0.15) is 12.5 Å². The Labute approximate surface area is 181 Å². The number of carboxylic acid groups (broad SMARTS) is 1. The minimum absolute atomic E-state index is 0.404. The molecule has 0 aliphatic carbocycles. The highest BCUT2D eigenvalue weighted by atomic mass is 19.4. The average molecular weight is 445 g/mol. The molecule has 2 aromatic heterocycles. The first-order valence-electron chi connectivity index (χ1n) is 9.06. The van der Waals surface area contributed by atoms with Crippen LogP contribution >= 0.6 is 0 Å². The van der Waals surface area contributed by atoms with E-state index >= 15 is 0 Å². The molecule has 0 aliphatic heterocycles. The van der Waals surface area contributed by atoms with Crippen molar-refractivity contribution in [2.45, 2.75) is 19.2 Å². The lowest BCUT2D eigenvalue weighted by Gasteiger charge is -2.08. The minimum Gasteiger partial charge on any atom is -0.475 e. The lowest BCUT2D eigenvalue weighted by atomic mass is 10.2. The van der Waals surface area contributed by atoms with E-state index in [2.05, 4.69) is 27.1 Å². The van der Waals surface area contributed by atoms with E-state index in [4.69, 9.17) is 14.6 Å². The van der Waals surface area contributed by atoms with Crippen molar-refractivity contribution in [2.24, 2.45) is 0 Å². The van der Waals surface area contributed by atoms with Crippen molar-refractivity contribution in [3.63, 3.8) is 0 Å². The predicted octanol–water partition coefficient (Wildman–Crippen LogP) is 4.38. The lowest BCUT2D eigenvalue weighted by Crippen LogP contribution is -2.21. The van der Waals surface area contributed by atoms with Crippen LogP contribution in [-0.4, -0.2) is 38.4 Å². The van der Waals surface area contributed by atoms with E-state index in [9.17, 15) is 18.3 Å². The highest BCUT2D eigenvalue weighted by Gasteiger charge is 2.38. The van der Waals surface area contributed by atoms with E-state index in [1.165, 1.54) is 0 Å². The van der Waals surface area contributed by atoms with Crippen molar-refractivity contribution in [3.8, 4) is 23.5 Å². The summed E-state index contributed by atoms with van der Waals surface area (Å²) < 4.78 is 37.5. The Morgan fingerprint density at radius 2 is 1.72 bits per heavy atom. The number of rotatable bonds is 4. The molecule has 3 N–H and O–H groups in total. The maximum Gasteiger partial charge on any atom is 0.490 e. The van der Waals surface area contributed by atoms with Crippen molar-refractivity contribution in [1.29, 1.82) is 0 Å². The molecule has 0 spiro atoms. The van der Waals surface area contributed by atoms with Crippen LogP contribution in [-0.2, 0) is 4.79 Å². The normalized spacial score (nSPS) is 11.2. The van der Waals surface area contributed by atoms with Crippen LogP contribution in [0.15, 0.2) is 67.0 Å². The molecule has 0 aliphatic rings. The number of nitrogens with one attached hydrogen (secondary N) is 1. The Morgan fingerprint density at radius 1 is 1.06 bits per heavy atom. The van der Waals surface area contributed by atoms with Gasteiger partial charge in [0.05, 0.1) is 5.56 Å². The van der Waals surface area contributed by atoms with E-state index in [-0.39, 0.29) is 0 Å². The van der Waals surface area contributed by atoms with Gasteiger partial charge in [0.2, 0.25) is 5.88 Å². The molecule has 166 valence electrons. The van der Waals surface area contributed by atoms with Crippen LogP contribution in [0, 0.1) is 11.8 Å².